The van der Waals surface area contributed by atoms with Crippen LogP contribution in [-0.4, -0.2) is 35.3 Å². The molecule has 2 aliphatic rings. The monoisotopic (exact) mass is 367 g/mol. The average molecular weight is 368 g/mol. The molecule has 0 N–H and O–H groups in total. The first kappa shape index (κ1) is 16.4. The molecule has 0 unspecified atom stereocenters. The van der Waals surface area contributed by atoms with E-state index >= 15 is 0 Å². The van der Waals surface area contributed by atoms with Crippen molar-refractivity contribution in [3.63, 3.8) is 0 Å². The Labute approximate surface area is 142 Å². The SMILES string of the molecule is CC(C)[C@H]1C[C@H](CBr)O[C@@]12O[C@@H](c1ccccc1)[C@@H](C)N2C. The number of nitrogens with zero attached hydrogens (tertiary/aromatic N) is 1. The molecule has 122 valence electrons. The molecule has 22 heavy (non-hydrogen) atoms. The van der Waals surface area contributed by atoms with Gasteiger partial charge in [0.2, 0.25) is 5.91 Å². The third-order valence-electron chi connectivity index (χ3n) is 5.26. The van der Waals surface area contributed by atoms with Crippen molar-refractivity contribution in [2.24, 2.45) is 11.8 Å². The minimum absolute atomic E-state index is 0.0570. The summed E-state index contributed by atoms with van der Waals surface area (Å²) in [7, 11) is 2.14. The Morgan fingerprint density at radius 2 is 1.95 bits per heavy atom. The molecule has 3 nitrogen and oxygen atoms in total. The lowest BCUT2D eigenvalue weighted by atomic mass is 9.89. The van der Waals surface area contributed by atoms with Crippen molar-refractivity contribution in [3.05, 3.63) is 35.9 Å². The van der Waals surface area contributed by atoms with Crippen LogP contribution in [0.15, 0.2) is 30.3 Å². The number of ether oxygens (including phenoxy) is 2. The summed E-state index contributed by atoms with van der Waals surface area (Å²) >= 11 is 3.58. The van der Waals surface area contributed by atoms with Gasteiger partial charge in [0.05, 0.1) is 6.10 Å². The summed E-state index contributed by atoms with van der Waals surface area (Å²) in [6.45, 7) is 6.77. The Morgan fingerprint density at radius 1 is 1.27 bits per heavy atom. The molecule has 2 fully saturated rings. The molecule has 2 heterocycles. The molecular weight excluding hydrogens is 342 g/mol. The second-order valence-corrected chi connectivity index (χ2v) is 7.56. The minimum Gasteiger partial charge on any atom is -0.333 e. The zero-order valence-electron chi connectivity index (χ0n) is 13.8. The lowest BCUT2D eigenvalue weighted by Crippen LogP contribution is -2.51. The zero-order chi connectivity index (χ0) is 15.9. The van der Waals surface area contributed by atoms with Crippen LogP contribution in [0.2, 0.25) is 0 Å². The van der Waals surface area contributed by atoms with Crippen molar-refractivity contribution in [1.29, 1.82) is 0 Å². The summed E-state index contributed by atoms with van der Waals surface area (Å²) in [5, 5.41) is 0.861. The maximum atomic E-state index is 6.61. The van der Waals surface area contributed by atoms with Gasteiger partial charge in [0.15, 0.2) is 0 Å². The molecule has 5 atom stereocenters. The van der Waals surface area contributed by atoms with Gasteiger partial charge in [-0.2, -0.15) is 0 Å². The first-order valence-corrected chi connectivity index (χ1v) is 9.31. The van der Waals surface area contributed by atoms with Gasteiger partial charge in [-0.05, 0) is 31.9 Å². The van der Waals surface area contributed by atoms with Crippen LogP contribution in [0.3, 0.4) is 0 Å². The summed E-state index contributed by atoms with van der Waals surface area (Å²) in [5.41, 5.74) is 1.23. The van der Waals surface area contributed by atoms with Crippen LogP contribution in [0.4, 0.5) is 0 Å². The second-order valence-electron chi connectivity index (χ2n) is 6.91. The third-order valence-corrected chi connectivity index (χ3v) is 5.98. The molecule has 1 spiro atoms. The van der Waals surface area contributed by atoms with E-state index in [0.717, 1.165) is 11.8 Å². The number of halogens is 1. The van der Waals surface area contributed by atoms with Crippen molar-refractivity contribution in [2.45, 2.75) is 51.4 Å². The highest BCUT2D eigenvalue weighted by Crippen LogP contribution is 2.52. The van der Waals surface area contributed by atoms with E-state index in [4.69, 9.17) is 9.47 Å². The topological polar surface area (TPSA) is 21.7 Å². The quantitative estimate of drug-likeness (QED) is 0.747. The first-order valence-electron chi connectivity index (χ1n) is 8.19. The molecular formula is C18H26BrNO2. The maximum absolute atomic E-state index is 6.61. The van der Waals surface area contributed by atoms with Gasteiger partial charge in [-0.15, -0.1) is 0 Å². The van der Waals surface area contributed by atoms with Gasteiger partial charge in [0, 0.05) is 17.3 Å². The highest BCUT2D eigenvalue weighted by atomic mass is 79.9. The first-order chi connectivity index (χ1) is 10.5. The maximum Gasteiger partial charge on any atom is 0.234 e. The summed E-state index contributed by atoms with van der Waals surface area (Å²) < 4.78 is 13.0. The van der Waals surface area contributed by atoms with Crippen molar-refractivity contribution in [2.75, 3.05) is 12.4 Å². The molecule has 0 aliphatic carbocycles. The summed E-state index contributed by atoms with van der Waals surface area (Å²) in [6.07, 6.45) is 1.32. The highest BCUT2D eigenvalue weighted by molar-refractivity contribution is 9.09. The minimum atomic E-state index is -0.591. The molecule has 1 aromatic carbocycles. The smallest absolute Gasteiger partial charge is 0.234 e. The molecule has 3 rings (SSSR count). The molecule has 0 amide bonds. The Balaban J connectivity index is 1.93. The second kappa shape index (κ2) is 6.23. The molecule has 0 radical (unpaired) electrons. The van der Waals surface area contributed by atoms with Gasteiger partial charge >= 0.3 is 0 Å². The van der Waals surface area contributed by atoms with E-state index in [1.165, 1.54) is 5.56 Å². The van der Waals surface area contributed by atoms with Gasteiger partial charge in [-0.25, -0.2) is 4.90 Å². The van der Waals surface area contributed by atoms with Crippen LogP contribution in [0.1, 0.15) is 38.9 Å². The van der Waals surface area contributed by atoms with Gasteiger partial charge in [-0.1, -0.05) is 60.1 Å². The van der Waals surface area contributed by atoms with E-state index in [9.17, 15) is 0 Å². The zero-order valence-corrected chi connectivity index (χ0v) is 15.4. The van der Waals surface area contributed by atoms with Crippen LogP contribution in [0.5, 0.6) is 0 Å². The lowest BCUT2D eigenvalue weighted by Gasteiger charge is -2.38. The standard InChI is InChI=1S/C18H26BrNO2/c1-12(2)16-10-15(11-19)21-18(16)20(4)13(3)17(22-18)14-8-6-5-7-9-14/h5-9,12-13,15-17H,10-11H2,1-4H3/t13-,15-,16-,17-,18-/m1/s1. The fraction of sp³-hybridized carbons (Fsp3) is 0.667. The van der Waals surface area contributed by atoms with Gasteiger partial charge < -0.3 is 9.47 Å². The van der Waals surface area contributed by atoms with Gasteiger partial charge in [0.1, 0.15) is 6.10 Å². The number of hydrogen-bond acceptors (Lipinski definition) is 3. The number of alkyl halides is 1. The Kier molecular flexibility index (Phi) is 4.66. The summed E-state index contributed by atoms with van der Waals surface area (Å²) in [6, 6.07) is 10.8. The largest absolute Gasteiger partial charge is 0.333 e. The van der Waals surface area contributed by atoms with Crippen LogP contribution in [-0.2, 0) is 9.47 Å². The van der Waals surface area contributed by atoms with E-state index in [1.807, 2.05) is 6.07 Å². The van der Waals surface area contributed by atoms with Crippen LogP contribution < -0.4 is 0 Å². The normalized spacial score (nSPS) is 39.2. The van der Waals surface area contributed by atoms with Crippen LogP contribution in [0, 0.1) is 11.8 Å². The molecule has 0 bridgehead atoms. The average Bonchev–Trinajstić information content (AvgIpc) is 3.02. The van der Waals surface area contributed by atoms with E-state index < -0.39 is 5.91 Å². The van der Waals surface area contributed by atoms with Crippen molar-refractivity contribution < 1.29 is 9.47 Å². The number of hydrogen-bond donors (Lipinski definition) is 0. The van der Waals surface area contributed by atoms with E-state index in [0.29, 0.717) is 11.8 Å². The fourth-order valence-electron chi connectivity index (χ4n) is 3.89. The van der Waals surface area contributed by atoms with E-state index in [-0.39, 0.29) is 18.2 Å². The van der Waals surface area contributed by atoms with Gasteiger partial charge in [-0.3, -0.25) is 0 Å². The lowest BCUT2D eigenvalue weighted by molar-refractivity contribution is -0.292. The Morgan fingerprint density at radius 3 is 2.55 bits per heavy atom. The van der Waals surface area contributed by atoms with E-state index in [2.05, 4.69) is 72.9 Å². The summed E-state index contributed by atoms with van der Waals surface area (Å²) in [5.74, 6) is 0.316. The Bertz CT molecular complexity index is 509. The fourth-order valence-corrected chi connectivity index (χ4v) is 4.29. The highest BCUT2D eigenvalue weighted by Gasteiger charge is 2.60. The predicted molar refractivity (Wildman–Crippen MR) is 91.8 cm³/mol. The van der Waals surface area contributed by atoms with Crippen LogP contribution >= 0.6 is 15.9 Å². The molecule has 0 aromatic heterocycles. The number of benzene rings is 1. The number of rotatable bonds is 3. The van der Waals surface area contributed by atoms with Crippen LogP contribution in [0.25, 0.3) is 0 Å². The third kappa shape index (κ3) is 2.54. The molecule has 0 saturated carbocycles. The predicted octanol–water partition coefficient (Wildman–Crippen LogP) is 4.19. The van der Waals surface area contributed by atoms with Gasteiger partial charge in [0.25, 0.3) is 0 Å². The number of likely N-dealkylation sites (N-methyl/N-ethyl adjacent to an activating group) is 1. The van der Waals surface area contributed by atoms with E-state index in [1.54, 1.807) is 0 Å². The Hall–Kier alpha value is -0.420. The summed E-state index contributed by atoms with van der Waals surface area (Å²) in [4.78, 5) is 2.30. The molecule has 1 aromatic rings. The van der Waals surface area contributed by atoms with Crippen molar-refractivity contribution in [3.8, 4) is 0 Å². The van der Waals surface area contributed by atoms with Crippen molar-refractivity contribution >= 4 is 15.9 Å². The molecule has 2 aliphatic heterocycles. The molecule has 4 heteroatoms. The van der Waals surface area contributed by atoms with Crippen molar-refractivity contribution in [1.82, 2.24) is 4.90 Å². The molecule has 2 saturated heterocycles.